The summed E-state index contributed by atoms with van der Waals surface area (Å²) in [5.74, 6) is 1.63. The normalized spacial score (nSPS) is 17.0. The Morgan fingerprint density at radius 2 is 1.22 bits per heavy atom. The van der Waals surface area contributed by atoms with E-state index in [0.717, 1.165) is 33.2 Å². The number of para-hydroxylation sites is 2. The van der Waals surface area contributed by atoms with Gasteiger partial charge in [0.25, 0.3) is 0 Å². The fourth-order valence-electron chi connectivity index (χ4n) is 10.5. The van der Waals surface area contributed by atoms with Crippen molar-refractivity contribution in [1.29, 1.82) is 0 Å². The number of benzene rings is 7. The van der Waals surface area contributed by atoms with Crippen LogP contribution in [0.4, 0.5) is 0 Å². The molecule has 0 amide bonds. The minimum absolute atomic E-state index is 0.0871. The Kier molecular flexibility index (Phi) is 7.64. The Balaban J connectivity index is 1.14. The summed E-state index contributed by atoms with van der Waals surface area (Å²) in [5.41, 5.74) is 9.48. The van der Waals surface area contributed by atoms with Crippen LogP contribution in [0.15, 0.2) is 145 Å². The summed E-state index contributed by atoms with van der Waals surface area (Å²) >= 11 is 2.19. The number of nitrogens with zero attached hydrogens (tertiary/aromatic N) is 4. The summed E-state index contributed by atoms with van der Waals surface area (Å²) in [6.45, 7) is 21.7. The maximum absolute atomic E-state index is 9.32. The SMILES string of the molecule is [2H]c1c([2H])c([2H])c(-c2c(C)c(C)c(C)c(-c3c([2H])c([2H])c([2H])c([2H])c3[2H])c2-n2[c](=[Pt])n(-c3[c-]c(Oc4[c-]c5c(cc4)c4ccc6c(c4n5-c4cc(C)ccn4)C(C)(C)C(C)(C)C6(C)C)ccc3)c3ccccc32)c([2H])c1[2H]. The Morgan fingerprint density at radius 3 is 1.87 bits per heavy atom. The van der Waals surface area contributed by atoms with Gasteiger partial charge in [0.15, 0.2) is 0 Å². The molecular weight excluding hydrogens is 1000 g/mol. The van der Waals surface area contributed by atoms with E-state index in [2.05, 4.69) is 109 Å². The van der Waals surface area contributed by atoms with Gasteiger partial charge >= 0.3 is 326 Å². The number of aryl methyl sites for hydroxylation is 1. The summed E-state index contributed by atoms with van der Waals surface area (Å²) < 4.78 is 103. The van der Waals surface area contributed by atoms with Gasteiger partial charge in [-0.2, -0.15) is 0 Å². The first-order valence-electron chi connectivity index (χ1n) is 27.4. The molecule has 6 heteroatoms. The fourth-order valence-corrected chi connectivity index (χ4v) is 11.6. The van der Waals surface area contributed by atoms with Crippen LogP contribution in [0.3, 0.4) is 0 Å². The van der Waals surface area contributed by atoms with Gasteiger partial charge in [0.2, 0.25) is 0 Å². The van der Waals surface area contributed by atoms with Gasteiger partial charge in [0.1, 0.15) is 0 Å². The number of fused-ring (bicyclic) bond motifs is 6. The van der Waals surface area contributed by atoms with Crippen LogP contribution < -0.4 is 4.74 Å². The van der Waals surface area contributed by atoms with Crippen molar-refractivity contribution >= 4 is 32.8 Å². The third-order valence-corrected chi connectivity index (χ3v) is 16.4. The Bertz CT molecular complexity index is 4160. The van der Waals surface area contributed by atoms with Crippen molar-refractivity contribution in [3.8, 4) is 50.9 Å². The number of hydrogen-bond donors (Lipinski definition) is 0. The van der Waals surface area contributed by atoms with Gasteiger partial charge in [-0.15, -0.1) is 0 Å². The zero-order valence-electron chi connectivity index (χ0n) is 49.1. The molecule has 3 aromatic heterocycles. The first kappa shape index (κ1) is 33.0. The van der Waals surface area contributed by atoms with Crippen molar-refractivity contribution < 1.29 is 37.8 Å². The molecule has 11 rings (SSSR count). The number of imidazole rings is 1. The molecule has 7 aromatic carbocycles. The van der Waals surface area contributed by atoms with Gasteiger partial charge in [-0.25, -0.2) is 0 Å². The van der Waals surface area contributed by atoms with Crippen molar-refractivity contribution in [2.75, 3.05) is 0 Å². The molecule has 336 valence electrons. The van der Waals surface area contributed by atoms with Crippen molar-refractivity contribution in [1.82, 2.24) is 18.7 Å². The number of rotatable bonds is 7. The van der Waals surface area contributed by atoms with Crippen molar-refractivity contribution in [2.24, 2.45) is 5.41 Å². The Hall–Kier alpha value is -6.55. The molecule has 1 aliphatic carbocycles. The van der Waals surface area contributed by atoms with Crippen LogP contribution in [0.2, 0.25) is 0 Å². The van der Waals surface area contributed by atoms with E-state index in [1.807, 2.05) is 90.7 Å². The molecule has 0 radical (unpaired) electrons. The third-order valence-electron chi connectivity index (χ3n) is 15.4. The van der Waals surface area contributed by atoms with Gasteiger partial charge in [0, 0.05) is 6.20 Å². The molecule has 67 heavy (non-hydrogen) atoms. The molecular formula is C61H54N4OPt-2. The van der Waals surface area contributed by atoms with Gasteiger partial charge < -0.3 is 0 Å². The van der Waals surface area contributed by atoms with E-state index < -0.39 is 60.4 Å². The van der Waals surface area contributed by atoms with Gasteiger partial charge in [0.05, 0.1) is 0 Å². The summed E-state index contributed by atoms with van der Waals surface area (Å²) in [4.78, 5) is 4.95. The zero-order chi connectivity index (χ0) is 55.4. The average molecular weight is 1060 g/mol. The Morgan fingerprint density at radius 1 is 0.612 bits per heavy atom. The van der Waals surface area contributed by atoms with Crippen molar-refractivity contribution in [2.45, 2.75) is 80.1 Å². The second-order valence-electron chi connectivity index (χ2n) is 19.2. The summed E-state index contributed by atoms with van der Waals surface area (Å²) in [5, 5.41) is 2.12. The molecule has 0 atom stereocenters. The van der Waals surface area contributed by atoms with E-state index in [4.69, 9.17) is 17.9 Å². The second kappa shape index (κ2) is 15.5. The van der Waals surface area contributed by atoms with Gasteiger partial charge in [-0.3, -0.25) is 0 Å². The molecule has 1 aliphatic rings. The predicted octanol–water partition coefficient (Wildman–Crippen LogP) is 15.5. The maximum atomic E-state index is 9.32. The molecule has 3 heterocycles. The summed E-state index contributed by atoms with van der Waals surface area (Å²) in [6, 6.07) is 28.0. The molecule has 0 fully saturated rings. The van der Waals surface area contributed by atoms with E-state index >= 15 is 0 Å². The summed E-state index contributed by atoms with van der Waals surface area (Å²) in [6.07, 6.45) is 1.84. The Labute approximate surface area is 418 Å². The van der Waals surface area contributed by atoms with Crippen molar-refractivity contribution in [3.63, 3.8) is 0 Å². The molecule has 0 saturated carbocycles. The van der Waals surface area contributed by atoms with Crippen LogP contribution in [0.5, 0.6) is 11.5 Å². The first-order valence-corrected chi connectivity index (χ1v) is 23.5. The fraction of sp³-hybridized carbons (Fsp3) is 0.213. The molecule has 0 spiro atoms. The van der Waals surface area contributed by atoms with E-state index in [-0.39, 0.29) is 44.2 Å². The first-order chi connectivity index (χ1) is 36.3. The molecule has 10 aromatic rings. The van der Waals surface area contributed by atoms with E-state index in [9.17, 15) is 5.48 Å². The topological polar surface area (TPSA) is 36.9 Å². The number of aromatic nitrogens is 4. The monoisotopic (exact) mass is 1060 g/mol. The molecule has 0 saturated heterocycles. The molecule has 0 N–H and O–H groups in total. The number of pyridine rings is 1. The van der Waals surface area contributed by atoms with Crippen LogP contribution in [0.1, 0.15) is 88.6 Å². The standard InChI is InChI=1S/C61H54N4O.Pt/c1-38-32-33-62-53(34-38)65-52-36-46(28-29-47(52)48-30-31-49-56(57(48)65)60(7,8)61(9,10)59(49,5)6)66-45-25-19-24-44(35-45)63-37-64(51-27-18-17-26-50(51)63)58-54(42-20-13-11-14-21-42)40(3)39(2)41(4)55(58)43-22-15-12-16-23-43;/h11-34H,1-10H3;/q-2;/i11D,12D,13D,14D,15D,16D,20D,21D,22D,23D;. The molecule has 0 bridgehead atoms. The molecule has 0 aliphatic heterocycles. The van der Waals surface area contributed by atoms with Crippen LogP contribution in [0, 0.1) is 49.0 Å². The van der Waals surface area contributed by atoms with Crippen LogP contribution in [-0.4, -0.2) is 18.7 Å². The quantitative estimate of drug-likeness (QED) is 0.149. The van der Waals surface area contributed by atoms with Gasteiger partial charge in [-0.1, -0.05) is 47.6 Å². The predicted molar refractivity (Wildman–Crippen MR) is 272 cm³/mol. The molecule has 0 unspecified atom stereocenters. The van der Waals surface area contributed by atoms with E-state index in [1.165, 1.54) is 11.1 Å². The third kappa shape index (κ3) is 6.30. The number of ether oxygens (including phenoxy) is 1. The minimum atomic E-state index is -0.558. The number of hydrogen-bond acceptors (Lipinski definition) is 2. The van der Waals surface area contributed by atoms with Crippen LogP contribution >= 0.6 is 0 Å². The van der Waals surface area contributed by atoms with E-state index in [1.54, 1.807) is 0 Å². The zero-order valence-corrected chi connectivity index (χ0v) is 41.4. The second-order valence-corrected chi connectivity index (χ2v) is 20.3. The summed E-state index contributed by atoms with van der Waals surface area (Å²) in [7, 11) is 0. The molecule has 5 nitrogen and oxygen atoms in total. The van der Waals surface area contributed by atoms with Crippen LogP contribution in [-0.2, 0) is 30.2 Å². The van der Waals surface area contributed by atoms with E-state index in [0.29, 0.717) is 48.7 Å². The van der Waals surface area contributed by atoms with Crippen molar-refractivity contribution in [3.05, 3.63) is 195 Å². The average Bonchev–Trinajstić information content (AvgIpc) is 4.05. The van der Waals surface area contributed by atoms with Crippen LogP contribution in [0.25, 0.3) is 72.3 Å². The van der Waals surface area contributed by atoms with Gasteiger partial charge in [-0.05, 0) is 40.4 Å².